The summed E-state index contributed by atoms with van der Waals surface area (Å²) in [6, 6.07) is 21.6. The van der Waals surface area contributed by atoms with Crippen LogP contribution in [0.15, 0.2) is 79.1 Å². The summed E-state index contributed by atoms with van der Waals surface area (Å²) in [5.74, 6) is -0.0997. The second-order valence-corrected chi connectivity index (χ2v) is 7.91. The molecule has 0 radical (unpaired) electrons. The number of pyridine rings is 1. The fraction of sp³-hybridized carbons (Fsp3) is 0.208. The molecule has 7 heteroatoms. The Morgan fingerprint density at radius 3 is 2.32 bits per heavy atom. The lowest BCUT2D eigenvalue weighted by atomic mass is 10.1. The quantitative estimate of drug-likeness (QED) is 0.481. The van der Waals surface area contributed by atoms with E-state index in [2.05, 4.69) is 27.8 Å². The Labute approximate surface area is 193 Å². The minimum Gasteiger partial charge on any atom is -0.354 e. The van der Waals surface area contributed by atoms with E-state index in [4.69, 9.17) is 23.8 Å². The van der Waals surface area contributed by atoms with Gasteiger partial charge in [0.1, 0.15) is 0 Å². The van der Waals surface area contributed by atoms with Crippen molar-refractivity contribution in [1.29, 1.82) is 0 Å². The van der Waals surface area contributed by atoms with E-state index in [1.165, 1.54) is 0 Å². The molecule has 1 heterocycles. The number of amides is 1. The molecule has 0 saturated heterocycles. The lowest BCUT2D eigenvalue weighted by molar-refractivity contribution is -0.119. The Hall–Kier alpha value is -2.96. The smallest absolute Gasteiger partial charge is 0.239 e. The molecule has 0 fully saturated rings. The molecule has 5 nitrogen and oxygen atoms in total. The Balaban J connectivity index is 1.50. The molecular weight excluding hydrogens is 428 g/mol. The molecule has 2 N–H and O–H groups in total. The predicted octanol–water partition coefficient (Wildman–Crippen LogP) is 3.97. The first kappa shape index (κ1) is 22.7. The van der Waals surface area contributed by atoms with Crippen molar-refractivity contribution in [2.75, 3.05) is 13.1 Å². The summed E-state index contributed by atoms with van der Waals surface area (Å²) < 4.78 is 0. The van der Waals surface area contributed by atoms with E-state index in [9.17, 15) is 4.79 Å². The van der Waals surface area contributed by atoms with E-state index in [0.717, 1.165) is 23.1 Å². The Morgan fingerprint density at radius 2 is 1.61 bits per heavy atom. The van der Waals surface area contributed by atoms with Gasteiger partial charge in [-0.15, -0.1) is 0 Å². The van der Waals surface area contributed by atoms with E-state index in [1.807, 2.05) is 65.7 Å². The summed E-state index contributed by atoms with van der Waals surface area (Å²) >= 11 is 11.5. The van der Waals surface area contributed by atoms with Crippen LogP contribution in [-0.4, -0.2) is 34.0 Å². The molecule has 1 amide bonds. The highest BCUT2D eigenvalue weighted by Crippen LogP contribution is 2.10. The molecule has 0 bridgehead atoms. The van der Waals surface area contributed by atoms with Crippen molar-refractivity contribution in [3.05, 3.63) is 101 Å². The minimum absolute atomic E-state index is 0.0997. The fourth-order valence-electron chi connectivity index (χ4n) is 3.04. The van der Waals surface area contributed by atoms with Gasteiger partial charge in [0.25, 0.3) is 0 Å². The van der Waals surface area contributed by atoms with Crippen LogP contribution in [0.25, 0.3) is 0 Å². The van der Waals surface area contributed by atoms with Gasteiger partial charge in [-0.25, -0.2) is 0 Å². The molecule has 2 aromatic carbocycles. The van der Waals surface area contributed by atoms with Gasteiger partial charge in [-0.1, -0.05) is 60.1 Å². The third-order valence-electron chi connectivity index (χ3n) is 4.65. The highest BCUT2D eigenvalue weighted by molar-refractivity contribution is 7.80. The molecular formula is C24H25ClN4OS. The summed E-state index contributed by atoms with van der Waals surface area (Å²) in [5, 5.41) is 7.24. The molecule has 0 aliphatic carbocycles. The number of nitrogens with one attached hydrogen (secondary N) is 2. The van der Waals surface area contributed by atoms with E-state index in [1.54, 1.807) is 6.20 Å². The largest absolute Gasteiger partial charge is 0.354 e. The zero-order chi connectivity index (χ0) is 21.9. The topological polar surface area (TPSA) is 57.3 Å². The number of thiocarbonyl (C=S) groups is 1. The first-order valence-corrected chi connectivity index (χ1v) is 10.9. The zero-order valence-corrected chi connectivity index (χ0v) is 18.7. The number of hydrogen-bond acceptors (Lipinski definition) is 3. The summed E-state index contributed by atoms with van der Waals surface area (Å²) in [6.45, 7) is 1.92. The molecule has 1 aromatic heterocycles. The normalized spacial score (nSPS) is 10.4. The minimum atomic E-state index is -0.0997. The molecule has 31 heavy (non-hydrogen) atoms. The Kier molecular flexibility index (Phi) is 8.82. The maximum absolute atomic E-state index is 12.2. The number of rotatable bonds is 9. The molecule has 3 rings (SSSR count). The number of carbonyl (C=O) groups is 1. The van der Waals surface area contributed by atoms with Crippen molar-refractivity contribution >= 4 is 34.8 Å². The third kappa shape index (κ3) is 8.00. The second-order valence-electron chi connectivity index (χ2n) is 7.09. The SMILES string of the molecule is O=C(CNC(=S)N(Cc1ccccc1)Cc1cccnc1)NCCc1ccc(Cl)cc1. The highest BCUT2D eigenvalue weighted by Gasteiger charge is 2.12. The van der Waals surface area contributed by atoms with Crippen LogP contribution in [0.4, 0.5) is 0 Å². The van der Waals surface area contributed by atoms with E-state index in [-0.39, 0.29) is 12.5 Å². The van der Waals surface area contributed by atoms with Crippen LogP contribution in [0.1, 0.15) is 16.7 Å². The van der Waals surface area contributed by atoms with Gasteiger partial charge in [0, 0.05) is 37.1 Å². The zero-order valence-electron chi connectivity index (χ0n) is 17.1. The molecule has 0 atom stereocenters. The number of halogens is 1. The van der Waals surface area contributed by atoms with Crippen molar-refractivity contribution in [2.24, 2.45) is 0 Å². The van der Waals surface area contributed by atoms with E-state index < -0.39 is 0 Å². The maximum atomic E-state index is 12.2. The molecule has 0 spiro atoms. The number of nitrogens with zero attached hydrogens (tertiary/aromatic N) is 2. The van der Waals surface area contributed by atoms with Crippen molar-refractivity contribution in [3.63, 3.8) is 0 Å². The molecule has 0 aliphatic heterocycles. The van der Waals surface area contributed by atoms with E-state index in [0.29, 0.717) is 29.8 Å². The number of hydrogen-bond donors (Lipinski definition) is 2. The molecule has 0 unspecified atom stereocenters. The second kappa shape index (κ2) is 12.0. The molecule has 0 aliphatic rings. The monoisotopic (exact) mass is 452 g/mol. The number of benzene rings is 2. The highest BCUT2D eigenvalue weighted by atomic mass is 35.5. The summed E-state index contributed by atoms with van der Waals surface area (Å²) in [6.07, 6.45) is 4.31. The van der Waals surface area contributed by atoms with Crippen LogP contribution in [0.2, 0.25) is 5.02 Å². The predicted molar refractivity (Wildman–Crippen MR) is 129 cm³/mol. The van der Waals surface area contributed by atoms with Gasteiger partial charge in [-0.3, -0.25) is 9.78 Å². The summed E-state index contributed by atoms with van der Waals surface area (Å²) in [4.78, 5) is 18.5. The molecule has 160 valence electrons. The lowest BCUT2D eigenvalue weighted by Gasteiger charge is -2.26. The van der Waals surface area contributed by atoms with Crippen LogP contribution in [0, 0.1) is 0 Å². The summed E-state index contributed by atoms with van der Waals surface area (Å²) in [7, 11) is 0. The van der Waals surface area contributed by atoms with Crippen molar-refractivity contribution in [3.8, 4) is 0 Å². The lowest BCUT2D eigenvalue weighted by Crippen LogP contribution is -2.44. The van der Waals surface area contributed by atoms with Gasteiger partial charge in [-0.05, 0) is 53.5 Å². The fourth-order valence-corrected chi connectivity index (χ4v) is 3.37. The van der Waals surface area contributed by atoms with Gasteiger partial charge in [-0.2, -0.15) is 0 Å². The van der Waals surface area contributed by atoms with Crippen LogP contribution >= 0.6 is 23.8 Å². The van der Waals surface area contributed by atoms with Crippen molar-refractivity contribution in [2.45, 2.75) is 19.5 Å². The van der Waals surface area contributed by atoms with Gasteiger partial charge < -0.3 is 15.5 Å². The van der Waals surface area contributed by atoms with Crippen LogP contribution in [0.5, 0.6) is 0 Å². The average molecular weight is 453 g/mol. The van der Waals surface area contributed by atoms with Crippen molar-refractivity contribution in [1.82, 2.24) is 20.5 Å². The molecule has 0 saturated carbocycles. The number of carbonyl (C=O) groups excluding carboxylic acids is 1. The van der Waals surface area contributed by atoms with Gasteiger partial charge >= 0.3 is 0 Å². The maximum Gasteiger partial charge on any atom is 0.239 e. The Morgan fingerprint density at radius 1 is 0.903 bits per heavy atom. The van der Waals surface area contributed by atoms with Crippen LogP contribution in [-0.2, 0) is 24.3 Å². The number of aromatic nitrogens is 1. The molecule has 3 aromatic rings. The summed E-state index contributed by atoms with van der Waals surface area (Å²) in [5.41, 5.74) is 3.32. The van der Waals surface area contributed by atoms with Crippen LogP contribution in [0.3, 0.4) is 0 Å². The van der Waals surface area contributed by atoms with Gasteiger partial charge in [0.15, 0.2) is 5.11 Å². The average Bonchev–Trinajstić information content (AvgIpc) is 2.80. The first-order chi connectivity index (χ1) is 15.1. The standard InChI is InChI=1S/C24H25ClN4OS/c25-22-10-8-19(9-11-22)12-14-27-23(30)16-28-24(31)29(17-20-5-2-1-3-6-20)18-21-7-4-13-26-15-21/h1-11,13,15H,12,14,16-18H2,(H,27,30)(H,28,31). The van der Waals surface area contributed by atoms with Crippen molar-refractivity contribution < 1.29 is 4.79 Å². The van der Waals surface area contributed by atoms with Crippen LogP contribution < -0.4 is 10.6 Å². The first-order valence-electron chi connectivity index (χ1n) is 10.1. The third-order valence-corrected chi connectivity index (χ3v) is 5.30. The van der Waals surface area contributed by atoms with E-state index >= 15 is 0 Å². The Bertz CT molecular complexity index is 926. The van der Waals surface area contributed by atoms with Gasteiger partial charge in [0.05, 0.1) is 6.54 Å². The van der Waals surface area contributed by atoms with Gasteiger partial charge in [0.2, 0.25) is 5.91 Å².